The lowest BCUT2D eigenvalue weighted by molar-refractivity contribution is -0.145. The number of carbonyl (C=O) groups is 2. The molecule has 210 valence electrons. The van der Waals surface area contributed by atoms with Gasteiger partial charge in [0.15, 0.2) is 0 Å². The molecule has 3 N–H and O–H groups in total. The number of halogens is 1. The van der Waals surface area contributed by atoms with Gasteiger partial charge in [-0.1, -0.05) is 0 Å². The maximum Gasteiger partial charge on any atom is 0.305 e. The fourth-order valence-electron chi connectivity index (χ4n) is 5.95. The lowest BCUT2D eigenvalue weighted by Crippen LogP contribution is -2.53. The zero-order valence-corrected chi connectivity index (χ0v) is 22.8. The number of aliphatic hydroxyl groups is 1. The molecule has 40 heavy (non-hydrogen) atoms. The summed E-state index contributed by atoms with van der Waals surface area (Å²) in [7, 11) is 1.41. The number of nitrogens with zero attached hydrogens (tertiary/aromatic N) is 4. The molecule has 2 aliphatic rings. The maximum atomic E-state index is 14.3. The number of fused-ring (bicyclic) bond motifs is 1. The van der Waals surface area contributed by atoms with Crippen molar-refractivity contribution in [3.05, 3.63) is 47.8 Å². The highest BCUT2D eigenvalue weighted by atomic mass is 19.1. The minimum atomic E-state index is -1.64. The monoisotopic (exact) mass is 548 g/mol. The van der Waals surface area contributed by atoms with Gasteiger partial charge in [-0.25, -0.2) is 8.91 Å². The van der Waals surface area contributed by atoms with Gasteiger partial charge >= 0.3 is 5.97 Å². The molecule has 2 saturated carbocycles. The third kappa shape index (κ3) is 5.49. The van der Waals surface area contributed by atoms with Gasteiger partial charge in [0, 0.05) is 18.7 Å². The molecule has 2 fully saturated rings. The summed E-state index contributed by atoms with van der Waals surface area (Å²) < 4.78 is 20.8. The summed E-state index contributed by atoms with van der Waals surface area (Å²) in [4.78, 5) is 29.2. The van der Waals surface area contributed by atoms with E-state index in [-0.39, 0.29) is 29.5 Å². The van der Waals surface area contributed by atoms with Crippen LogP contribution in [0.5, 0.6) is 0 Å². The first kappa shape index (κ1) is 27.5. The number of methoxy groups -OCH3 is 1. The first-order chi connectivity index (χ1) is 19.0. The number of nitriles is 1. The Kier molecular flexibility index (Phi) is 7.23. The zero-order valence-electron chi connectivity index (χ0n) is 22.8. The SMILES string of the molecule is COC(=O)CC1CC2(C1)CC(Nc1cc(-c3ccc4cc(C#N)cnn34)ncc1C(=O)NC[C@@H](F)C(C)(C)O)C2. The van der Waals surface area contributed by atoms with Crippen LogP contribution in [0.4, 0.5) is 10.1 Å². The summed E-state index contributed by atoms with van der Waals surface area (Å²) >= 11 is 0. The van der Waals surface area contributed by atoms with Crippen molar-refractivity contribution in [3.63, 3.8) is 0 Å². The van der Waals surface area contributed by atoms with Crippen LogP contribution in [-0.4, -0.2) is 63.1 Å². The van der Waals surface area contributed by atoms with E-state index in [0.29, 0.717) is 35.0 Å². The van der Waals surface area contributed by atoms with E-state index in [4.69, 9.17) is 4.74 Å². The molecule has 1 spiro atoms. The minimum Gasteiger partial charge on any atom is -0.469 e. The normalized spacial score (nSPS) is 22.6. The van der Waals surface area contributed by atoms with E-state index in [9.17, 15) is 24.3 Å². The average molecular weight is 549 g/mol. The van der Waals surface area contributed by atoms with Crippen LogP contribution < -0.4 is 10.6 Å². The number of esters is 1. The van der Waals surface area contributed by atoms with Crippen molar-refractivity contribution < 1.29 is 23.8 Å². The van der Waals surface area contributed by atoms with Gasteiger partial charge in [-0.15, -0.1) is 0 Å². The molecule has 3 heterocycles. The molecule has 0 bridgehead atoms. The van der Waals surface area contributed by atoms with Gasteiger partial charge in [0.1, 0.15) is 12.2 Å². The van der Waals surface area contributed by atoms with Crippen LogP contribution in [0, 0.1) is 22.7 Å². The Hall–Kier alpha value is -4.04. The Bertz CT molecular complexity index is 1480. The average Bonchev–Trinajstić information content (AvgIpc) is 3.31. The van der Waals surface area contributed by atoms with Gasteiger partial charge in [-0.2, -0.15) is 10.4 Å². The predicted octanol–water partition coefficient (Wildman–Crippen LogP) is 3.64. The number of alkyl halides is 1. The second-order valence-electron chi connectivity index (χ2n) is 11.7. The molecular formula is C29H33FN6O4. The van der Waals surface area contributed by atoms with Crippen LogP contribution in [0.25, 0.3) is 16.9 Å². The highest BCUT2D eigenvalue weighted by Crippen LogP contribution is 2.60. The smallest absolute Gasteiger partial charge is 0.305 e. The van der Waals surface area contributed by atoms with E-state index in [1.54, 1.807) is 16.6 Å². The van der Waals surface area contributed by atoms with Crippen molar-refractivity contribution in [1.82, 2.24) is 19.9 Å². The molecule has 10 nitrogen and oxygen atoms in total. The fourth-order valence-corrected chi connectivity index (χ4v) is 5.95. The number of ether oxygens (including phenoxy) is 1. The van der Waals surface area contributed by atoms with E-state index >= 15 is 0 Å². The number of hydrogen-bond acceptors (Lipinski definition) is 8. The summed E-state index contributed by atoms with van der Waals surface area (Å²) in [5.74, 6) is -0.324. The lowest BCUT2D eigenvalue weighted by atomic mass is 9.49. The predicted molar refractivity (Wildman–Crippen MR) is 145 cm³/mol. The quantitative estimate of drug-likeness (QED) is 0.344. The Morgan fingerprint density at radius 3 is 2.70 bits per heavy atom. The molecule has 0 aliphatic heterocycles. The molecule has 3 aromatic rings. The highest BCUT2D eigenvalue weighted by Gasteiger charge is 2.53. The topological polar surface area (TPSA) is 142 Å². The molecule has 11 heteroatoms. The number of amides is 1. The zero-order chi connectivity index (χ0) is 28.7. The second-order valence-corrected chi connectivity index (χ2v) is 11.7. The summed E-state index contributed by atoms with van der Waals surface area (Å²) in [6.07, 6.45) is 5.55. The number of aromatic nitrogens is 3. The first-order valence-electron chi connectivity index (χ1n) is 13.4. The molecule has 0 unspecified atom stereocenters. The molecule has 3 aromatic heterocycles. The summed E-state index contributed by atoms with van der Waals surface area (Å²) in [5, 5.41) is 29.5. The number of hydrogen-bond donors (Lipinski definition) is 3. The third-order valence-corrected chi connectivity index (χ3v) is 8.09. The molecular weight excluding hydrogens is 515 g/mol. The van der Waals surface area contributed by atoms with E-state index < -0.39 is 17.7 Å². The molecule has 2 aliphatic carbocycles. The van der Waals surface area contributed by atoms with Gasteiger partial charge in [-0.05, 0) is 75.1 Å². The number of pyridine rings is 1. The van der Waals surface area contributed by atoms with Crippen LogP contribution in [0.15, 0.2) is 36.7 Å². The van der Waals surface area contributed by atoms with Crippen LogP contribution in [0.2, 0.25) is 0 Å². The minimum absolute atomic E-state index is 0.131. The number of nitrogens with one attached hydrogen (secondary N) is 2. The molecule has 5 rings (SSSR count). The Morgan fingerprint density at radius 1 is 1.27 bits per heavy atom. The molecule has 1 atom stereocenters. The lowest BCUT2D eigenvalue weighted by Gasteiger charge is -2.58. The summed E-state index contributed by atoms with van der Waals surface area (Å²) in [6.45, 7) is 2.36. The Labute approximate surface area is 231 Å². The molecule has 0 saturated heterocycles. The maximum absolute atomic E-state index is 14.3. The van der Waals surface area contributed by atoms with Crippen molar-refractivity contribution in [2.75, 3.05) is 19.0 Å². The summed E-state index contributed by atoms with van der Waals surface area (Å²) in [6, 6.07) is 9.41. The van der Waals surface area contributed by atoms with Crippen LogP contribution in [-0.2, 0) is 9.53 Å². The van der Waals surface area contributed by atoms with E-state index in [1.165, 1.54) is 33.4 Å². The Balaban J connectivity index is 1.35. The van der Waals surface area contributed by atoms with Crippen molar-refractivity contribution in [3.8, 4) is 17.5 Å². The second kappa shape index (κ2) is 10.5. The van der Waals surface area contributed by atoms with Crippen LogP contribution in [0.3, 0.4) is 0 Å². The highest BCUT2D eigenvalue weighted by molar-refractivity contribution is 6.00. The van der Waals surface area contributed by atoms with Gasteiger partial charge < -0.3 is 20.5 Å². The molecule has 1 amide bonds. The number of rotatable bonds is 9. The van der Waals surface area contributed by atoms with Crippen molar-refractivity contribution >= 4 is 23.1 Å². The molecule has 0 radical (unpaired) electrons. The summed E-state index contributed by atoms with van der Waals surface area (Å²) in [5.41, 5.74) is 1.91. The van der Waals surface area contributed by atoms with Crippen molar-refractivity contribution in [1.29, 1.82) is 5.26 Å². The van der Waals surface area contributed by atoms with Crippen LogP contribution in [0.1, 0.15) is 61.9 Å². The van der Waals surface area contributed by atoms with Crippen molar-refractivity contribution in [2.45, 2.75) is 63.8 Å². The van der Waals surface area contributed by atoms with Gasteiger partial charge in [0.05, 0.1) is 59.2 Å². The van der Waals surface area contributed by atoms with Gasteiger partial charge in [0.25, 0.3) is 5.91 Å². The van der Waals surface area contributed by atoms with Gasteiger partial charge in [-0.3, -0.25) is 14.6 Å². The number of carbonyl (C=O) groups excluding carboxylic acids is 2. The standard InChI is InChI=1S/C29H33FN6O4/c1-28(2,39)25(30)16-33-27(38)21-15-32-23(24-5-4-20-6-18(13-31)14-34-36(20)24)8-22(21)35-19-11-29(12-19)9-17(10-29)7-26(37)40-3/h4-6,8,14-15,17,19,25,39H,7,9-12,16H2,1-3H3,(H,32,35)(H,33,38)/t17?,19?,25-,29?/m1/s1. The van der Waals surface area contributed by atoms with Crippen molar-refractivity contribution in [2.24, 2.45) is 11.3 Å². The first-order valence-corrected chi connectivity index (χ1v) is 13.4. The number of anilines is 1. The van der Waals surface area contributed by atoms with E-state index in [1.807, 2.05) is 12.1 Å². The molecule has 0 aromatic carbocycles. The van der Waals surface area contributed by atoms with Crippen LogP contribution >= 0.6 is 0 Å². The third-order valence-electron chi connectivity index (χ3n) is 8.09. The van der Waals surface area contributed by atoms with E-state index in [0.717, 1.165) is 31.2 Å². The largest absolute Gasteiger partial charge is 0.469 e. The Morgan fingerprint density at radius 2 is 2.02 bits per heavy atom. The van der Waals surface area contributed by atoms with Gasteiger partial charge in [0.2, 0.25) is 0 Å². The van der Waals surface area contributed by atoms with E-state index in [2.05, 4.69) is 26.8 Å². The fraction of sp³-hybridized carbons (Fsp3) is 0.483.